The molecule has 0 atom stereocenters. The van der Waals surface area contributed by atoms with Crippen molar-refractivity contribution in [3.05, 3.63) is 54.2 Å². The molecule has 22 heavy (non-hydrogen) atoms. The summed E-state index contributed by atoms with van der Waals surface area (Å²) in [6.45, 7) is -0.316. The number of hydrogen-bond acceptors (Lipinski definition) is 3. The van der Waals surface area contributed by atoms with Crippen LogP contribution in [0.3, 0.4) is 0 Å². The van der Waals surface area contributed by atoms with Gasteiger partial charge in [-0.05, 0) is 30.3 Å². The first-order valence-electron chi connectivity index (χ1n) is 6.25. The molecule has 114 valence electrons. The molecule has 0 aliphatic rings. The summed E-state index contributed by atoms with van der Waals surface area (Å²) in [6.07, 6.45) is 0.951. The second kappa shape index (κ2) is 7.11. The van der Waals surface area contributed by atoms with E-state index in [2.05, 4.69) is 20.9 Å². The largest absolute Gasteiger partial charge is 0.329 e. The van der Waals surface area contributed by atoms with Gasteiger partial charge in [-0.2, -0.15) is 0 Å². The Kier molecular flexibility index (Phi) is 4.97. The number of benzene rings is 1. The fraction of sp³-hybridized carbons (Fsp3) is 0.0714. The van der Waals surface area contributed by atoms with Crippen LogP contribution in [-0.4, -0.2) is 23.5 Å². The number of amides is 3. The Bertz CT molecular complexity index is 677. The van der Waals surface area contributed by atoms with Crippen molar-refractivity contribution in [2.45, 2.75) is 0 Å². The van der Waals surface area contributed by atoms with Crippen molar-refractivity contribution < 1.29 is 18.4 Å². The van der Waals surface area contributed by atoms with Gasteiger partial charge in [-0.1, -0.05) is 6.07 Å². The van der Waals surface area contributed by atoms with E-state index in [0.29, 0.717) is 0 Å². The first kappa shape index (κ1) is 15.4. The molecule has 3 amide bonds. The molecule has 0 saturated carbocycles. The average Bonchev–Trinajstić information content (AvgIpc) is 2.48. The van der Waals surface area contributed by atoms with Gasteiger partial charge in [0.05, 0.1) is 12.7 Å². The second-order valence-electron chi connectivity index (χ2n) is 4.23. The van der Waals surface area contributed by atoms with E-state index < -0.39 is 23.6 Å². The Morgan fingerprint density at radius 1 is 1.05 bits per heavy atom. The number of carbonyl (C=O) groups is 2. The third kappa shape index (κ3) is 4.82. The normalized spacial score (nSPS) is 9.91. The molecule has 1 aromatic carbocycles. The lowest BCUT2D eigenvalue weighted by Crippen LogP contribution is -2.36. The predicted molar refractivity (Wildman–Crippen MR) is 76.2 cm³/mol. The molecule has 0 aliphatic carbocycles. The topological polar surface area (TPSA) is 83.1 Å². The lowest BCUT2D eigenvalue weighted by atomic mass is 10.3. The Labute approximate surface area is 124 Å². The molecule has 8 heteroatoms. The Morgan fingerprint density at radius 3 is 2.55 bits per heavy atom. The summed E-state index contributed by atoms with van der Waals surface area (Å²) < 4.78 is 25.6. The van der Waals surface area contributed by atoms with Gasteiger partial charge in [-0.3, -0.25) is 10.1 Å². The predicted octanol–water partition coefficient (Wildman–Crippen LogP) is 2.12. The fourth-order valence-electron chi connectivity index (χ4n) is 1.54. The Morgan fingerprint density at radius 2 is 1.86 bits per heavy atom. The van der Waals surface area contributed by atoms with E-state index in [1.165, 1.54) is 24.3 Å². The minimum atomic E-state index is -0.673. The molecule has 2 aromatic rings. The molecule has 6 nitrogen and oxygen atoms in total. The number of nitrogens with one attached hydrogen (secondary N) is 3. The van der Waals surface area contributed by atoms with E-state index in [-0.39, 0.29) is 18.1 Å². The van der Waals surface area contributed by atoms with Crippen molar-refractivity contribution in [3.63, 3.8) is 0 Å². The lowest BCUT2D eigenvalue weighted by Gasteiger charge is -2.08. The van der Waals surface area contributed by atoms with Crippen molar-refractivity contribution in [2.24, 2.45) is 0 Å². The highest BCUT2D eigenvalue weighted by atomic mass is 19.1. The summed E-state index contributed by atoms with van der Waals surface area (Å²) in [6, 6.07) is 7.11. The van der Waals surface area contributed by atoms with E-state index in [9.17, 15) is 18.4 Å². The zero-order valence-corrected chi connectivity index (χ0v) is 11.3. The van der Waals surface area contributed by atoms with Crippen LogP contribution in [0.1, 0.15) is 0 Å². The summed E-state index contributed by atoms with van der Waals surface area (Å²) in [5, 5.41) is 7.04. The van der Waals surface area contributed by atoms with Crippen LogP contribution in [-0.2, 0) is 4.79 Å². The highest BCUT2D eigenvalue weighted by Gasteiger charge is 2.07. The van der Waals surface area contributed by atoms with E-state index in [1.807, 2.05) is 0 Å². The molecule has 1 heterocycles. The van der Waals surface area contributed by atoms with Gasteiger partial charge in [-0.15, -0.1) is 0 Å². The highest BCUT2D eigenvalue weighted by molar-refractivity contribution is 5.96. The number of urea groups is 1. The minimum Gasteiger partial charge on any atom is -0.329 e. The number of hydrogen-bond donors (Lipinski definition) is 3. The van der Waals surface area contributed by atoms with Crippen molar-refractivity contribution >= 4 is 23.4 Å². The Hall–Kier alpha value is -3.03. The van der Waals surface area contributed by atoms with Gasteiger partial charge >= 0.3 is 6.03 Å². The fourth-order valence-corrected chi connectivity index (χ4v) is 1.54. The zero-order chi connectivity index (χ0) is 15.9. The minimum absolute atomic E-state index is 0.143. The maximum absolute atomic E-state index is 12.9. The smallest absolute Gasteiger partial charge is 0.320 e. The van der Waals surface area contributed by atoms with Crippen molar-refractivity contribution in [1.82, 2.24) is 10.3 Å². The summed E-state index contributed by atoms with van der Waals surface area (Å²) in [7, 11) is 0. The summed E-state index contributed by atoms with van der Waals surface area (Å²) in [5.74, 6) is -1.39. The van der Waals surface area contributed by atoms with Gasteiger partial charge in [0.2, 0.25) is 5.91 Å². The molecule has 0 aliphatic heterocycles. The molecule has 0 bridgehead atoms. The third-order valence-electron chi connectivity index (χ3n) is 2.49. The van der Waals surface area contributed by atoms with Crippen LogP contribution in [0.4, 0.5) is 25.1 Å². The maximum Gasteiger partial charge on any atom is 0.320 e. The van der Waals surface area contributed by atoms with Crippen LogP contribution >= 0.6 is 0 Å². The standard InChI is InChI=1S/C14H12F2N4O2/c15-9-2-1-3-11(6-9)19-13(21)8-18-14(22)20-12-5-4-10(16)7-17-12/h1-7H,8H2,(H,19,21)(H2,17,18,20,22). The molecule has 1 aromatic heterocycles. The van der Waals surface area contributed by atoms with Crippen LogP contribution in [0.2, 0.25) is 0 Å². The molecule has 0 unspecified atom stereocenters. The molecular formula is C14H12F2N4O2. The number of nitrogens with zero attached hydrogens (tertiary/aromatic N) is 1. The van der Waals surface area contributed by atoms with Crippen LogP contribution in [0.25, 0.3) is 0 Å². The van der Waals surface area contributed by atoms with E-state index in [1.54, 1.807) is 0 Å². The van der Waals surface area contributed by atoms with E-state index in [0.717, 1.165) is 18.3 Å². The highest BCUT2D eigenvalue weighted by Crippen LogP contribution is 2.08. The molecule has 2 rings (SSSR count). The summed E-state index contributed by atoms with van der Waals surface area (Å²) in [4.78, 5) is 26.7. The number of rotatable bonds is 4. The van der Waals surface area contributed by atoms with Gasteiger partial charge in [0.25, 0.3) is 0 Å². The Balaban J connectivity index is 1.78. The average molecular weight is 306 g/mol. The second-order valence-corrected chi connectivity index (χ2v) is 4.23. The zero-order valence-electron chi connectivity index (χ0n) is 11.3. The summed E-state index contributed by atoms with van der Waals surface area (Å²) in [5.41, 5.74) is 0.285. The quantitative estimate of drug-likeness (QED) is 0.809. The molecular weight excluding hydrogens is 294 g/mol. The SMILES string of the molecule is O=C(CNC(=O)Nc1ccc(F)cn1)Nc1cccc(F)c1. The van der Waals surface area contributed by atoms with E-state index >= 15 is 0 Å². The number of aromatic nitrogens is 1. The van der Waals surface area contributed by atoms with Crippen molar-refractivity contribution in [2.75, 3.05) is 17.2 Å². The number of halogens is 2. The van der Waals surface area contributed by atoms with Crippen molar-refractivity contribution in [1.29, 1.82) is 0 Å². The first-order valence-corrected chi connectivity index (χ1v) is 6.25. The molecule has 0 spiro atoms. The molecule has 0 fully saturated rings. The van der Waals surface area contributed by atoms with Gasteiger partial charge in [0.15, 0.2) is 0 Å². The molecule has 0 saturated heterocycles. The number of pyridine rings is 1. The van der Waals surface area contributed by atoms with Crippen LogP contribution in [0.15, 0.2) is 42.6 Å². The first-order chi connectivity index (χ1) is 10.5. The third-order valence-corrected chi connectivity index (χ3v) is 2.49. The lowest BCUT2D eigenvalue weighted by molar-refractivity contribution is -0.115. The van der Waals surface area contributed by atoms with Gasteiger partial charge in [-0.25, -0.2) is 18.6 Å². The van der Waals surface area contributed by atoms with Crippen LogP contribution in [0, 0.1) is 11.6 Å². The van der Waals surface area contributed by atoms with Crippen LogP contribution in [0.5, 0.6) is 0 Å². The maximum atomic E-state index is 12.9. The number of anilines is 2. The van der Waals surface area contributed by atoms with E-state index in [4.69, 9.17) is 0 Å². The van der Waals surface area contributed by atoms with Crippen molar-refractivity contribution in [3.8, 4) is 0 Å². The summed E-state index contributed by atoms with van der Waals surface area (Å²) >= 11 is 0. The van der Waals surface area contributed by atoms with Gasteiger partial charge in [0, 0.05) is 5.69 Å². The van der Waals surface area contributed by atoms with Crippen LogP contribution < -0.4 is 16.0 Å². The molecule has 3 N–H and O–H groups in total. The van der Waals surface area contributed by atoms with Gasteiger partial charge in [0.1, 0.15) is 17.5 Å². The monoisotopic (exact) mass is 306 g/mol. The molecule has 0 radical (unpaired) electrons. The number of carbonyl (C=O) groups excluding carboxylic acids is 2. The van der Waals surface area contributed by atoms with Gasteiger partial charge < -0.3 is 10.6 Å².